The van der Waals surface area contributed by atoms with Crippen LogP contribution in [0.25, 0.3) is 17.1 Å². The summed E-state index contributed by atoms with van der Waals surface area (Å²) in [6, 6.07) is 19.6. The van der Waals surface area contributed by atoms with Gasteiger partial charge in [0, 0.05) is 10.2 Å². The van der Waals surface area contributed by atoms with Crippen molar-refractivity contribution in [1.82, 2.24) is 14.8 Å². The van der Waals surface area contributed by atoms with Gasteiger partial charge in [-0.2, -0.15) is 0 Å². The average Bonchev–Trinajstić information content (AvgIpc) is 3.21. The number of phenolic OH excluding ortho intramolecular Hbond substituents is 1. The number of nitrogens with one attached hydrogen (secondary N) is 1. The van der Waals surface area contributed by atoms with Gasteiger partial charge in [0.05, 0.1) is 27.0 Å². The van der Waals surface area contributed by atoms with Crippen molar-refractivity contribution in [3.05, 3.63) is 81.2 Å². The molecule has 2 N–H and O–H groups in total. The van der Waals surface area contributed by atoms with Crippen molar-refractivity contribution in [2.24, 2.45) is 0 Å². The van der Waals surface area contributed by atoms with Gasteiger partial charge in [0.1, 0.15) is 5.75 Å². The molecule has 4 rings (SSSR count). The van der Waals surface area contributed by atoms with Gasteiger partial charge in [-0.25, -0.2) is 0 Å². The number of carbonyl (C=O) groups is 1. The zero-order valence-electron chi connectivity index (χ0n) is 16.3. The van der Waals surface area contributed by atoms with Crippen molar-refractivity contribution in [1.29, 1.82) is 0 Å². The molecule has 1 amide bonds. The van der Waals surface area contributed by atoms with Crippen molar-refractivity contribution < 1.29 is 9.90 Å². The summed E-state index contributed by atoms with van der Waals surface area (Å²) in [6.45, 7) is 0. The van der Waals surface area contributed by atoms with Crippen molar-refractivity contribution in [3.63, 3.8) is 0 Å². The highest BCUT2D eigenvalue weighted by atomic mass is 79.9. The summed E-state index contributed by atoms with van der Waals surface area (Å²) in [5.41, 5.74) is 1.67. The van der Waals surface area contributed by atoms with E-state index in [0.717, 1.165) is 10.2 Å². The molecule has 0 radical (unpaired) electrons. The van der Waals surface area contributed by atoms with Gasteiger partial charge in [-0.3, -0.25) is 9.36 Å². The first kappa shape index (κ1) is 22.7. The van der Waals surface area contributed by atoms with Crippen LogP contribution in [0.2, 0.25) is 10.0 Å². The summed E-state index contributed by atoms with van der Waals surface area (Å²) >= 11 is 16.9. The average molecular weight is 550 g/mol. The Balaban J connectivity index is 1.64. The van der Waals surface area contributed by atoms with E-state index in [4.69, 9.17) is 23.2 Å². The van der Waals surface area contributed by atoms with Crippen LogP contribution in [0.4, 0.5) is 5.69 Å². The minimum Gasteiger partial charge on any atom is -0.507 e. The van der Waals surface area contributed by atoms with Crippen LogP contribution in [0, 0.1) is 0 Å². The van der Waals surface area contributed by atoms with Crippen LogP contribution in [-0.2, 0) is 4.79 Å². The summed E-state index contributed by atoms with van der Waals surface area (Å²) < 4.78 is 2.58. The van der Waals surface area contributed by atoms with Gasteiger partial charge in [-0.1, -0.05) is 75.2 Å². The Bertz CT molecular complexity index is 1260. The lowest BCUT2D eigenvalue weighted by atomic mass is 10.2. The molecule has 10 heteroatoms. The summed E-state index contributed by atoms with van der Waals surface area (Å²) in [4.78, 5) is 12.6. The van der Waals surface area contributed by atoms with E-state index in [1.807, 2.05) is 30.3 Å². The number of hydrogen-bond donors (Lipinski definition) is 2. The molecule has 0 saturated carbocycles. The number of nitrogens with zero attached hydrogens (tertiary/aromatic N) is 3. The molecule has 0 atom stereocenters. The third kappa shape index (κ3) is 4.94. The molecule has 0 spiro atoms. The van der Waals surface area contributed by atoms with E-state index in [1.54, 1.807) is 41.0 Å². The molecule has 0 aliphatic heterocycles. The standard InChI is InChI=1S/C22H15BrCl2N4O2S/c23-13-9-10-18(30)15(11-13)21-27-28-22(29(21)14-5-2-1-3-6-14)32-12-19(31)26-20-16(24)7-4-8-17(20)25/h1-11,30H,12H2,(H,26,31). The molecule has 1 heterocycles. The van der Waals surface area contributed by atoms with E-state index in [9.17, 15) is 9.90 Å². The number of thioether (sulfide) groups is 1. The first-order valence-corrected chi connectivity index (χ1v) is 11.8. The fraction of sp³-hybridized carbons (Fsp3) is 0.0455. The topological polar surface area (TPSA) is 80.0 Å². The lowest BCUT2D eigenvalue weighted by molar-refractivity contribution is -0.113. The second-order valence-corrected chi connectivity index (χ2v) is 9.24. The number of aromatic hydroxyl groups is 1. The van der Waals surface area contributed by atoms with Crippen LogP contribution in [0.3, 0.4) is 0 Å². The lowest BCUT2D eigenvalue weighted by Crippen LogP contribution is -2.15. The molecule has 3 aromatic carbocycles. The predicted octanol–water partition coefficient (Wildman–Crippen LogP) is 6.44. The monoisotopic (exact) mass is 548 g/mol. The molecule has 1 aromatic heterocycles. The number of para-hydroxylation sites is 2. The van der Waals surface area contributed by atoms with E-state index in [1.165, 1.54) is 11.8 Å². The van der Waals surface area contributed by atoms with E-state index >= 15 is 0 Å². The Hall–Kier alpha value is -2.52. The summed E-state index contributed by atoms with van der Waals surface area (Å²) in [5.74, 6) is 0.281. The number of phenols is 1. The molecule has 32 heavy (non-hydrogen) atoms. The molecule has 4 aromatic rings. The number of aromatic nitrogens is 3. The third-order valence-corrected chi connectivity index (χ3v) is 6.46. The van der Waals surface area contributed by atoms with Gasteiger partial charge in [-0.15, -0.1) is 10.2 Å². The third-order valence-electron chi connectivity index (χ3n) is 4.41. The van der Waals surface area contributed by atoms with Crippen LogP contribution in [0.1, 0.15) is 0 Å². The first-order chi connectivity index (χ1) is 15.4. The van der Waals surface area contributed by atoms with E-state index < -0.39 is 0 Å². The van der Waals surface area contributed by atoms with E-state index in [-0.39, 0.29) is 17.4 Å². The van der Waals surface area contributed by atoms with Crippen molar-refractivity contribution >= 4 is 62.5 Å². The number of carbonyl (C=O) groups excluding carboxylic acids is 1. The number of halogens is 3. The largest absolute Gasteiger partial charge is 0.507 e. The first-order valence-electron chi connectivity index (χ1n) is 9.30. The molecule has 0 saturated heterocycles. The zero-order chi connectivity index (χ0) is 22.7. The second kappa shape index (κ2) is 9.95. The van der Waals surface area contributed by atoms with Gasteiger partial charge in [0.25, 0.3) is 0 Å². The van der Waals surface area contributed by atoms with Gasteiger partial charge in [0.15, 0.2) is 11.0 Å². The molecule has 0 aliphatic carbocycles. The van der Waals surface area contributed by atoms with Crippen LogP contribution in [-0.4, -0.2) is 31.5 Å². The van der Waals surface area contributed by atoms with Gasteiger partial charge in [0.2, 0.25) is 5.91 Å². The maximum Gasteiger partial charge on any atom is 0.234 e. The minimum absolute atomic E-state index is 0.0526. The van der Waals surface area contributed by atoms with Crippen molar-refractivity contribution in [3.8, 4) is 22.8 Å². The Morgan fingerprint density at radius 2 is 1.75 bits per heavy atom. The van der Waals surface area contributed by atoms with Crippen molar-refractivity contribution in [2.45, 2.75) is 5.16 Å². The Labute approximate surface area is 206 Å². The smallest absolute Gasteiger partial charge is 0.234 e. The molecular weight excluding hydrogens is 535 g/mol. The Morgan fingerprint density at radius 1 is 1.03 bits per heavy atom. The highest BCUT2D eigenvalue weighted by Gasteiger charge is 2.20. The van der Waals surface area contributed by atoms with Crippen LogP contribution < -0.4 is 5.32 Å². The molecule has 6 nitrogen and oxygen atoms in total. The summed E-state index contributed by atoms with van der Waals surface area (Å²) in [5, 5.41) is 22.9. The Morgan fingerprint density at radius 3 is 2.47 bits per heavy atom. The quantitative estimate of drug-likeness (QED) is 0.270. The number of rotatable bonds is 6. The van der Waals surface area contributed by atoms with E-state index in [2.05, 4.69) is 31.4 Å². The molecule has 162 valence electrons. The highest BCUT2D eigenvalue weighted by Crippen LogP contribution is 2.35. The maximum atomic E-state index is 12.6. The highest BCUT2D eigenvalue weighted by molar-refractivity contribution is 9.10. The SMILES string of the molecule is O=C(CSc1nnc(-c2cc(Br)ccc2O)n1-c1ccccc1)Nc1c(Cl)cccc1Cl. The molecule has 0 unspecified atom stereocenters. The number of amides is 1. The number of hydrogen-bond acceptors (Lipinski definition) is 5. The Kier molecular flexibility index (Phi) is 7.05. The number of anilines is 1. The molecule has 0 aliphatic rings. The number of benzene rings is 3. The molecule has 0 bridgehead atoms. The summed E-state index contributed by atoms with van der Waals surface area (Å²) in [6.07, 6.45) is 0. The molecular formula is C22H15BrCl2N4O2S. The van der Waals surface area contributed by atoms with Gasteiger partial charge < -0.3 is 10.4 Å². The zero-order valence-corrected chi connectivity index (χ0v) is 20.2. The van der Waals surface area contributed by atoms with Gasteiger partial charge in [-0.05, 0) is 42.5 Å². The van der Waals surface area contributed by atoms with Crippen LogP contribution >= 0.6 is 50.9 Å². The van der Waals surface area contributed by atoms with E-state index in [0.29, 0.717) is 32.3 Å². The molecule has 0 fully saturated rings. The van der Waals surface area contributed by atoms with Crippen LogP contribution in [0.5, 0.6) is 5.75 Å². The normalized spacial score (nSPS) is 10.8. The second-order valence-electron chi connectivity index (χ2n) is 6.57. The van der Waals surface area contributed by atoms with Crippen molar-refractivity contribution in [2.75, 3.05) is 11.1 Å². The lowest BCUT2D eigenvalue weighted by Gasteiger charge is -2.12. The maximum absolute atomic E-state index is 12.6. The minimum atomic E-state index is -0.292. The van der Waals surface area contributed by atoms with Gasteiger partial charge >= 0.3 is 0 Å². The predicted molar refractivity (Wildman–Crippen MR) is 132 cm³/mol. The van der Waals surface area contributed by atoms with Crippen LogP contribution in [0.15, 0.2) is 76.4 Å². The fourth-order valence-electron chi connectivity index (χ4n) is 2.96. The summed E-state index contributed by atoms with van der Waals surface area (Å²) in [7, 11) is 0. The fourth-order valence-corrected chi connectivity index (χ4v) is 4.56.